The van der Waals surface area contributed by atoms with Crippen molar-refractivity contribution in [1.29, 1.82) is 0 Å². The second kappa shape index (κ2) is 5.04. The van der Waals surface area contributed by atoms with E-state index in [0.29, 0.717) is 6.04 Å². The highest BCUT2D eigenvalue weighted by Gasteiger charge is 2.11. The van der Waals surface area contributed by atoms with Gasteiger partial charge in [-0.05, 0) is 48.9 Å². The van der Waals surface area contributed by atoms with Gasteiger partial charge in [0.1, 0.15) is 0 Å². The Hall–Kier alpha value is -0.470. The van der Waals surface area contributed by atoms with Crippen molar-refractivity contribution < 1.29 is 0 Å². The van der Waals surface area contributed by atoms with E-state index in [1.54, 1.807) is 11.1 Å². The molecule has 1 nitrogen and oxygen atoms in total. The Kier molecular flexibility index (Phi) is 3.71. The normalized spacial score (nSPS) is 16.4. The first kappa shape index (κ1) is 11.0. The molecular formula is C13H19NS. The van der Waals surface area contributed by atoms with Crippen LogP contribution in [0.15, 0.2) is 23.1 Å². The Bertz CT molecular complexity index is 335. The highest BCUT2D eigenvalue weighted by molar-refractivity contribution is 7.99. The van der Waals surface area contributed by atoms with E-state index in [4.69, 9.17) is 5.73 Å². The Morgan fingerprint density at radius 3 is 2.93 bits per heavy atom. The van der Waals surface area contributed by atoms with Crippen LogP contribution in [-0.4, -0.2) is 11.8 Å². The zero-order valence-corrected chi connectivity index (χ0v) is 10.1. The van der Waals surface area contributed by atoms with Crippen molar-refractivity contribution in [1.82, 2.24) is 0 Å². The van der Waals surface area contributed by atoms with Gasteiger partial charge in [0.15, 0.2) is 0 Å². The summed E-state index contributed by atoms with van der Waals surface area (Å²) in [6, 6.07) is 7.23. The lowest BCUT2D eigenvalue weighted by Crippen LogP contribution is -2.21. The van der Waals surface area contributed by atoms with E-state index in [1.807, 2.05) is 11.8 Å². The molecule has 0 fully saturated rings. The SMILES string of the molecule is CCC(N)CSc1ccc2c(c1)CCC2. The maximum absolute atomic E-state index is 5.91. The van der Waals surface area contributed by atoms with E-state index in [2.05, 4.69) is 25.1 Å². The molecule has 1 aromatic carbocycles. The Balaban J connectivity index is 1.98. The van der Waals surface area contributed by atoms with E-state index >= 15 is 0 Å². The van der Waals surface area contributed by atoms with Gasteiger partial charge in [-0.15, -0.1) is 11.8 Å². The molecule has 0 aromatic heterocycles. The summed E-state index contributed by atoms with van der Waals surface area (Å²) in [4.78, 5) is 1.39. The van der Waals surface area contributed by atoms with Gasteiger partial charge in [0.2, 0.25) is 0 Å². The lowest BCUT2D eigenvalue weighted by atomic mass is 10.1. The second-order valence-electron chi connectivity index (χ2n) is 4.26. The van der Waals surface area contributed by atoms with E-state index in [9.17, 15) is 0 Å². The first-order valence-electron chi connectivity index (χ1n) is 5.79. The summed E-state index contributed by atoms with van der Waals surface area (Å²) in [5.74, 6) is 1.04. The van der Waals surface area contributed by atoms with Crippen LogP contribution in [0.1, 0.15) is 30.9 Å². The number of nitrogens with two attached hydrogens (primary N) is 1. The van der Waals surface area contributed by atoms with Gasteiger partial charge in [0.25, 0.3) is 0 Å². The molecule has 0 radical (unpaired) electrons. The number of hydrogen-bond donors (Lipinski definition) is 1. The summed E-state index contributed by atoms with van der Waals surface area (Å²) >= 11 is 1.89. The van der Waals surface area contributed by atoms with E-state index in [0.717, 1.165) is 12.2 Å². The zero-order valence-electron chi connectivity index (χ0n) is 9.33. The molecule has 1 aliphatic carbocycles. The van der Waals surface area contributed by atoms with Crippen molar-refractivity contribution in [3.63, 3.8) is 0 Å². The molecule has 0 bridgehead atoms. The van der Waals surface area contributed by atoms with E-state index in [-0.39, 0.29) is 0 Å². The minimum Gasteiger partial charge on any atom is -0.327 e. The fourth-order valence-electron chi connectivity index (χ4n) is 1.96. The molecule has 0 saturated heterocycles. The number of benzene rings is 1. The molecule has 1 atom stereocenters. The highest BCUT2D eigenvalue weighted by Crippen LogP contribution is 2.27. The Morgan fingerprint density at radius 2 is 2.13 bits per heavy atom. The molecule has 1 aromatic rings. The molecule has 0 aliphatic heterocycles. The summed E-state index contributed by atoms with van der Waals surface area (Å²) in [6.45, 7) is 2.15. The topological polar surface area (TPSA) is 26.0 Å². The van der Waals surface area contributed by atoms with Crippen LogP contribution in [0.2, 0.25) is 0 Å². The van der Waals surface area contributed by atoms with Gasteiger partial charge in [-0.2, -0.15) is 0 Å². The smallest absolute Gasteiger partial charge is 0.0132 e. The van der Waals surface area contributed by atoms with Crippen LogP contribution in [0.5, 0.6) is 0 Å². The van der Waals surface area contributed by atoms with Crippen LogP contribution < -0.4 is 5.73 Å². The monoisotopic (exact) mass is 221 g/mol. The highest BCUT2D eigenvalue weighted by atomic mass is 32.2. The summed E-state index contributed by atoms with van der Waals surface area (Å²) in [5, 5.41) is 0. The van der Waals surface area contributed by atoms with Crippen LogP contribution >= 0.6 is 11.8 Å². The maximum atomic E-state index is 5.91. The number of thioether (sulfide) groups is 1. The summed E-state index contributed by atoms with van der Waals surface area (Å²) in [7, 11) is 0. The molecule has 0 amide bonds. The molecule has 0 saturated carbocycles. The number of aryl methyl sites for hydroxylation is 2. The molecule has 0 heterocycles. The third kappa shape index (κ3) is 2.76. The standard InChI is InChI=1S/C13H19NS/c1-2-12(14)9-15-13-7-6-10-4-3-5-11(10)8-13/h6-8,12H,2-5,9,14H2,1H3. The number of fused-ring (bicyclic) bond motifs is 1. The van der Waals surface area contributed by atoms with Crippen LogP contribution in [0.3, 0.4) is 0 Å². The molecule has 1 aliphatic rings. The minimum atomic E-state index is 0.336. The van der Waals surface area contributed by atoms with Gasteiger partial charge in [-0.3, -0.25) is 0 Å². The van der Waals surface area contributed by atoms with Crippen LogP contribution in [0.25, 0.3) is 0 Å². The fourth-order valence-corrected chi connectivity index (χ4v) is 2.99. The van der Waals surface area contributed by atoms with Crippen molar-refractivity contribution in [2.75, 3.05) is 5.75 Å². The second-order valence-corrected chi connectivity index (χ2v) is 5.36. The molecule has 0 spiro atoms. The fraction of sp³-hybridized carbons (Fsp3) is 0.538. The number of rotatable bonds is 4. The first-order chi connectivity index (χ1) is 7.29. The molecule has 15 heavy (non-hydrogen) atoms. The van der Waals surface area contributed by atoms with Crippen molar-refractivity contribution in [2.45, 2.75) is 43.5 Å². The molecular weight excluding hydrogens is 202 g/mol. The zero-order chi connectivity index (χ0) is 10.7. The molecule has 2 N–H and O–H groups in total. The Morgan fingerprint density at radius 1 is 1.33 bits per heavy atom. The largest absolute Gasteiger partial charge is 0.327 e. The van der Waals surface area contributed by atoms with Gasteiger partial charge in [-0.25, -0.2) is 0 Å². The predicted octanol–water partition coefficient (Wildman–Crippen LogP) is 3.00. The summed E-state index contributed by atoms with van der Waals surface area (Å²) in [6.07, 6.45) is 4.94. The predicted molar refractivity (Wildman–Crippen MR) is 67.5 cm³/mol. The minimum absolute atomic E-state index is 0.336. The van der Waals surface area contributed by atoms with Crippen molar-refractivity contribution in [2.24, 2.45) is 5.73 Å². The average molecular weight is 221 g/mol. The van der Waals surface area contributed by atoms with Crippen LogP contribution in [-0.2, 0) is 12.8 Å². The Labute approximate surface area is 96.4 Å². The average Bonchev–Trinajstić information content (AvgIpc) is 2.72. The van der Waals surface area contributed by atoms with Gasteiger partial charge in [0.05, 0.1) is 0 Å². The lowest BCUT2D eigenvalue weighted by Gasteiger charge is -2.09. The van der Waals surface area contributed by atoms with Crippen molar-refractivity contribution in [3.8, 4) is 0 Å². The van der Waals surface area contributed by atoms with Crippen LogP contribution in [0, 0.1) is 0 Å². The molecule has 2 rings (SSSR count). The molecule has 82 valence electrons. The lowest BCUT2D eigenvalue weighted by molar-refractivity contribution is 0.725. The summed E-state index contributed by atoms with van der Waals surface area (Å²) in [5.41, 5.74) is 9.03. The van der Waals surface area contributed by atoms with Gasteiger partial charge >= 0.3 is 0 Å². The third-order valence-electron chi connectivity index (χ3n) is 3.06. The van der Waals surface area contributed by atoms with Gasteiger partial charge < -0.3 is 5.73 Å². The van der Waals surface area contributed by atoms with Crippen LogP contribution in [0.4, 0.5) is 0 Å². The quantitative estimate of drug-likeness (QED) is 0.791. The first-order valence-corrected chi connectivity index (χ1v) is 6.78. The third-order valence-corrected chi connectivity index (χ3v) is 4.24. The van der Waals surface area contributed by atoms with Gasteiger partial charge in [0, 0.05) is 16.7 Å². The van der Waals surface area contributed by atoms with Gasteiger partial charge in [-0.1, -0.05) is 13.0 Å². The summed E-state index contributed by atoms with van der Waals surface area (Å²) < 4.78 is 0. The van der Waals surface area contributed by atoms with E-state index in [1.165, 1.54) is 24.2 Å². The van der Waals surface area contributed by atoms with Crippen molar-refractivity contribution in [3.05, 3.63) is 29.3 Å². The van der Waals surface area contributed by atoms with Crippen molar-refractivity contribution >= 4 is 11.8 Å². The van der Waals surface area contributed by atoms with E-state index < -0.39 is 0 Å². The molecule has 1 unspecified atom stereocenters. The molecule has 2 heteroatoms. The maximum Gasteiger partial charge on any atom is 0.0132 e. The number of hydrogen-bond acceptors (Lipinski definition) is 2.